The fraction of sp³-hybridized carbons (Fsp3) is 0.588. The van der Waals surface area contributed by atoms with E-state index in [4.69, 9.17) is 0 Å². The second kappa shape index (κ2) is 9.75. The summed E-state index contributed by atoms with van der Waals surface area (Å²) in [6, 6.07) is 5.97. The fourth-order valence-corrected chi connectivity index (χ4v) is 2.58. The Balaban J connectivity index is 1.89. The van der Waals surface area contributed by atoms with E-state index in [9.17, 15) is 4.79 Å². The van der Waals surface area contributed by atoms with Crippen LogP contribution in [0.4, 0.5) is 5.82 Å². The van der Waals surface area contributed by atoms with Crippen LogP contribution in [-0.4, -0.2) is 67.6 Å². The van der Waals surface area contributed by atoms with E-state index in [1.807, 2.05) is 38.2 Å². The Kier molecular flexibility index (Phi) is 7.32. The van der Waals surface area contributed by atoms with Crippen LogP contribution in [0, 0.1) is 0 Å². The Morgan fingerprint density at radius 2 is 2.00 bits per heavy atom. The molecule has 1 amide bonds. The lowest BCUT2D eigenvalue weighted by Gasteiger charge is -2.37. The molecule has 2 N–H and O–H groups in total. The number of anilines is 1. The summed E-state index contributed by atoms with van der Waals surface area (Å²) >= 11 is 0. The standard InChI is InChI=1S/C17H28N6O/c1-3-8-20-16(24)14-21-17(18-4-2)23-12-10-22(11-13-23)15-7-5-6-9-19-15/h5-7,9H,3-4,8,10-14H2,1-2H3,(H,18,21)(H,20,24). The summed E-state index contributed by atoms with van der Waals surface area (Å²) in [5.74, 6) is 1.79. The lowest BCUT2D eigenvalue weighted by Crippen LogP contribution is -2.53. The third kappa shape index (κ3) is 5.40. The van der Waals surface area contributed by atoms with E-state index in [2.05, 4.69) is 30.4 Å². The highest BCUT2D eigenvalue weighted by molar-refractivity contribution is 5.85. The van der Waals surface area contributed by atoms with Gasteiger partial charge in [-0.1, -0.05) is 13.0 Å². The molecule has 0 bridgehead atoms. The first-order valence-corrected chi connectivity index (χ1v) is 8.70. The van der Waals surface area contributed by atoms with Crippen molar-refractivity contribution in [2.24, 2.45) is 4.99 Å². The molecule has 2 rings (SSSR count). The van der Waals surface area contributed by atoms with E-state index in [0.717, 1.165) is 50.9 Å². The highest BCUT2D eigenvalue weighted by Crippen LogP contribution is 2.12. The summed E-state index contributed by atoms with van der Waals surface area (Å²) in [6.45, 7) is 9.24. The summed E-state index contributed by atoms with van der Waals surface area (Å²) in [4.78, 5) is 25.1. The highest BCUT2D eigenvalue weighted by Gasteiger charge is 2.20. The SMILES string of the molecule is CCCNC(=O)CN=C(NCC)N1CCN(c2ccccn2)CC1. The van der Waals surface area contributed by atoms with E-state index in [-0.39, 0.29) is 12.5 Å². The van der Waals surface area contributed by atoms with Crippen LogP contribution in [-0.2, 0) is 4.79 Å². The summed E-state index contributed by atoms with van der Waals surface area (Å²) in [6.07, 6.45) is 2.76. The van der Waals surface area contributed by atoms with Gasteiger partial charge in [-0.2, -0.15) is 0 Å². The van der Waals surface area contributed by atoms with Gasteiger partial charge in [-0.15, -0.1) is 0 Å². The molecule has 1 fully saturated rings. The number of rotatable bonds is 6. The molecule has 1 aliphatic rings. The Labute approximate surface area is 144 Å². The van der Waals surface area contributed by atoms with Crippen molar-refractivity contribution in [3.63, 3.8) is 0 Å². The predicted octanol–water partition coefficient (Wildman–Crippen LogP) is 0.695. The first-order chi connectivity index (χ1) is 11.7. The van der Waals surface area contributed by atoms with Gasteiger partial charge in [0, 0.05) is 45.5 Å². The lowest BCUT2D eigenvalue weighted by molar-refractivity contribution is -0.119. The van der Waals surface area contributed by atoms with Gasteiger partial charge < -0.3 is 20.4 Å². The average molecular weight is 332 g/mol. The number of hydrogen-bond acceptors (Lipinski definition) is 4. The molecule has 1 aliphatic heterocycles. The zero-order valence-corrected chi connectivity index (χ0v) is 14.7. The predicted molar refractivity (Wildman–Crippen MR) is 97.3 cm³/mol. The van der Waals surface area contributed by atoms with Crippen LogP contribution in [0.15, 0.2) is 29.4 Å². The molecule has 0 atom stereocenters. The Hall–Kier alpha value is -2.31. The smallest absolute Gasteiger partial charge is 0.241 e. The number of aromatic nitrogens is 1. The molecule has 0 spiro atoms. The van der Waals surface area contributed by atoms with Crippen molar-refractivity contribution in [3.05, 3.63) is 24.4 Å². The first-order valence-electron chi connectivity index (χ1n) is 8.70. The molecule has 0 unspecified atom stereocenters. The molecular weight excluding hydrogens is 304 g/mol. The minimum atomic E-state index is -0.0284. The molecule has 7 heteroatoms. The normalized spacial score (nSPS) is 15.3. The number of aliphatic imine (C=N–C) groups is 1. The summed E-state index contributed by atoms with van der Waals surface area (Å²) < 4.78 is 0. The molecule has 1 aromatic rings. The molecular formula is C17H28N6O. The number of piperazine rings is 1. The van der Waals surface area contributed by atoms with Gasteiger partial charge in [0.1, 0.15) is 12.4 Å². The zero-order chi connectivity index (χ0) is 17.2. The molecule has 7 nitrogen and oxygen atoms in total. The molecule has 0 aromatic carbocycles. The Morgan fingerprint density at radius 1 is 1.21 bits per heavy atom. The summed E-state index contributed by atoms with van der Waals surface area (Å²) in [5.41, 5.74) is 0. The van der Waals surface area contributed by atoms with E-state index in [0.29, 0.717) is 6.54 Å². The monoisotopic (exact) mass is 332 g/mol. The van der Waals surface area contributed by atoms with Crippen LogP contribution in [0.3, 0.4) is 0 Å². The molecule has 2 heterocycles. The van der Waals surface area contributed by atoms with E-state index in [1.54, 1.807) is 0 Å². The lowest BCUT2D eigenvalue weighted by atomic mass is 10.3. The molecule has 1 aromatic heterocycles. The zero-order valence-electron chi connectivity index (χ0n) is 14.7. The largest absolute Gasteiger partial charge is 0.357 e. The van der Waals surface area contributed by atoms with Crippen LogP contribution >= 0.6 is 0 Å². The van der Waals surface area contributed by atoms with Crippen LogP contribution in [0.2, 0.25) is 0 Å². The van der Waals surface area contributed by atoms with Crippen molar-refractivity contribution in [1.29, 1.82) is 0 Å². The maximum atomic E-state index is 11.7. The van der Waals surface area contributed by atoms with Gasteiger partial charge in [-0.3, -0.25) is 4.79 Å². The number of carbonyl (C=O) groups excluding carboxylic acids is 1. The number of guanidine groups is 1. The van der Waals surface area contributed by atoms with Gasteiger partial charge in [0.05, 0.1) is 0 Å². The second-order valence-corrected chi connectivity index (χ2v) is 5.68. The quantitative estimate of drug-likeness (QED) is 0.592. The Morgan fingerprint density at radius 3 is 2.62 bits per heavy atom. The van der Waals surface area contributed by atoms with Gasteiger partial charge in [0.15, 0.2) is 5.96 Å². The molecule has 0 radical (unpaired) electrons. The van der Waals surface area contributed by atoms with Gasteiger partial charge in [-0.25, -0.2) is 9.98 Å². The first kappa shape index (κ1) is 18.0. The van der Waals surface area contributed by atoms with Gasteiger partial charge in [0.25, 0.3) is 0 Å². The fourth-order valence-electron chi connectivity index (χ4n) is 2.58. The van der Waals surface area contributed by atoms with Crippen molar-refractivity contribution in [3.8, 4) is 0 Å². The van der Waals surface area contributed by atoms with Crippen molar-refractivity contribution in [2.75, 3.05) is 50.7 Å². The van der Waals surface area contributed by atoms with Gasteiger partial charge in [0.2, 0.25) is 5.91 Å². The van der Waals surface area contributed by atoms with Crippen molar-refractivity contribution in [1.82, 2.24) is 20.5 Å². The summed E-state index contributed by atoms with van der Waals surface area (Å²) in [5, 5.41) is 6.13. The third-order valence-electron chi connectivity index (χ3n) is 3.83. The van der Waals surface area contributed by atoms with Crippen LogP contribution < -0.4 is 15.5 Å². The molecule has 1 saturated heterocycles. The van der Waals surface area contributed by atoms with Crippen LogP contribution in [0.1, 0.15) is 20.3 Å². The third-order valence-corrected chi connectivity index (χ3v) is 3.83. The van der Waals surface area contributed by atoms with Crippen molar-refractivity contribution < 1.29 is 4.79 Å². The minimum absolute atomic E-state index is 0.0284. The van der Waals surface area contributed by atoms with E-state index in [1.165, 1.54) is 0 Å². The number of carbonyl (C=O) groups is 1. The maximum Gasteiger partial charge on any atom is 0.241 e. The van der Waals surface area contributed by atoms with Gasteiger partial charge >= 0.3 is 0 Å². The number of amides is 1. The van der Waals surface area contributed by atoms with E-state index < -0.39 is 0 Å². The number of hydrogen-bond donors (Lipinski definition) is 2. The molecule has 132 valence electrons. The Bertz CT molecular complexity index is 525. The number of nitrogens with one attached hydrogen (secondary N) is 2. The molecule has 0 aliphatic carbocycles. The van der Waals surface area contributed by atoms with Gasteiger partial charge in [-0.05, 0) is 25.5 Å². The van der Waals surface area contributed by atoms with Crippen LogP contribution in [0.5, 0.6) is 0 Å². The van der Waals surface area contributed by atoms with E-state index >= 15 is 0 Å². The minimum Gasteiger partial charge on any atom is -0.357 e. The summed E-state index contributed by atoms with van der Waals surface area (Å²) in [7, 11) is 0. The number of pyridine rings is 1. The topological polar surface area (TPSA) is 72.9 Å². The molecule has 24 heavy (non-hydrogen) atoms. The maximum absolute atomic E-state index is 11.7. The molecule has 0 saturated carbocycles. The second-order valence-electron chi connectivity index (χ2n) is 5.68. The average Bonchev–Trinajstić information content (AvgIpc) is 2.64. The van der Waals surface area contributed by atoms with Crippen molar-refractivity contribution in [2.45, 2.75) is 20.3 Å². The highest BCUT2D eigenvalue weighted by atomic mass is 16.1. The number of nitrogens with zero attached hydrogens (tertiary/aromatic N) is 4. The van der Waals surface area contributed by atoms with Crippen molar-refractivity contribution >= 4 is 17.7 Å². The van der Waals surface area contributed by atoms with Crippen LogP contribution in [0.25, 0.3) is 0 Å².